The van der Waals surface area contributed by atoms with Crippen molar-refractivity contribution in [3.63, 3.8) is 0 Å². The maximum absolute atomic E-state index is 13.9. The number of carbonyl (C=O) groups excluding carboxylic acids is 1. The first-order valence-electron chi connectivity index (χ1n) is 13.2. The fourth-order valence-electron chi connectivity index (χ4n) is 4.68. The Labute approximate surface area is 251 Å². The molecule has 0 N–H and O–H groups in total. The van der Waals surface area contributed by atoms with Crippen LogP contribution in [0.25, 0.3) is 6.08 Å². The van der Waals surface area contributed by atoms with Crippen LogP contribution < -0.4 is 29.1 Å². The Morgan fingerprint density at radius 3 is 2.43 bits per heavy atom. The van der Waals surface area contributed by atoms with Crippen LogP contribution in [0.5, 0.6) is 17.2 Å². The van der Waals surface area contributed by atoms with E-state index in [1.807, 2.05) is 48.5 Å². The number of thiazole rings is 1. The van der Waals surface area contributed by atoms with Gasteiger partial charge in [-0.15, -0.1) is 0 Å². The van der Waals surface area contributed by atoms with Crippen LogP contribution in [0.4, 0.5) is 0 Å². The number of methoxy groups -OCH3 is 2. The van der Waals surface area contributed by atoms with Gasteiger partial charge in [0.1, 0.15) is 12.4 Å². The predicted molar refractivity (Wildman–Crippen MR) is 162 cm³/mol. The highest BCUT2D eigenvalue weighted by Crippen LogP contribution is 2.32. The molecule has 0 saturated heterocycles. The van der Waals surface area contributed by atoms with Gasteiger partial charge in [0.25, 0.3) is 5.56 Å². The van der Waals surface area contributed by atoms with E-state index < -0.39 is 12.0 Å². The Balaban J connectivity index is 1.53. The molecule has 0 aliphatic carbocycles. The fraction of sp³-hybridized carbons (Fsp3) is 0.219. The first kappa shape index (κ1) is 29.2. The van der Waals surface area contributed by atoms with Crippen molar-refractivity contribution in [2.75, 3.05) is 20.8 Å². The van der Waals surface area contributed by atoms with E-state index in [9.17, 15) is 9.59 Å². The van der Waals surface area contributed by atoms with Crippen LogP contribution in [0.15, 0.2) is 87.8 Å². The summed E-state index contributed by atoms with van der Waals surface area (Å²) in [5.74, 6) is 1.26. The van der Waals surface area contributed by atoms with Crippen molar-refractivity contribution in [1.29, 1.82) is 0 Å². The molecular weight excluding hydrogens is 576 g/mol. The molecule has 1 aliphatic rings. The van der Waals surface area contributed by atoms with E-state index in [4.69, 9.17) is 30.5 Å². The van der Waals surface area contributed by atoms with Gasteiger partial charge in [-0.05, 0) is 73.0 Å². The lowest BCUT2D eigenvalue weighted by Gasteiger charge is -2.24. The predicted octanol–water partition coefficient (Wildman–Crippen LogP) is 5.05. The third-order valence-corrected chi connectivity index (χ3v) is 7.98. The quantitative estimate of drug-likeness (QED) is 0.249. The molecule has 3 aromatic carbocycles. The lowest BCUT2D eigenvalue weighted by molar-refractivity contribution is -0.139. The van der Waals surface area contributed by atoms with Gasteiger partial charge in [0.05, 0.1) is 42.7 Å². The summed E-state index contributed by atoms with van der Waals surface area (Å²) in [5.41, 5.74) is 3.02. The smallest absolute Gasteiger partial charge is 0.338 e. The zero-order valence-electron chi connectivity index (χ0n) is 23.5. The maximum Gasteiger partial charge on any atom is 0.338 e. The molecule has 2 heterocycles. The average Bonchev–Trinajstić information content (AvgIpc) is 3.30. The fourth-order valence-corrected chi connectivity index (χ4v) is 5.85. The van der Waals surface area contributed by atoms with Gasteiger partial charge in [0.2, 0.25) is 0 Å². The number of aromatic nitrogens is 1. The second kappa shape index (κ2) is 12.7. The molecule has 0 bridgehead atoms. The number of allylic oxidation sites excluding steroid dienone is 1. The van der Waals surface area contributed by atoms with E-state index >= 15 is 0 Å². The minimum atomic E-state index is -0.702. The van der Waals surface area contributed by atoms with E-state index in [1.165, 1.54) is 11.3 Å². The molecule has 1 aromatic heterocycles. The van der Waals surface area contributed by atoms with Crippen molar-refractivity contribution in [3.05, 3.63) is 119 Å². The summed E-state index contributed by atoms with van der Waals surface area (Å²) in [4.78, 5) is 32.1. The lowest BCUT2D eigenvalue weighted by Crippen LogP contribution is -2.39. The molecule has 0 unspecified atom stereocenters. The Morgan fingerprint density at radius 2 is 1.76 bits per heavy atom. The van der Waals surface area contributed by atoms with Crippen LogP contribution in [-0.2, 0) is 16.1 Å². The van der Waals surface area contributed by atoms with Crippen molar-refractivity contribution in [2.45, 2.75) is 26.5 Å². The molecule has 0 spiro atoms. The Hall–Kier alpha value is -4.34. The number of benzene rings is 3. The molecule has 0 saturated carbocycles. The first-order valence-corrected chi connectivity index (χ1v) is 14.4. The molecule has 10 heteroatoms. The second-order valence-electron chi connectivity index (χ2n) is 9.40. The van der Waals surface area contributed by atoms with Crippen molar-refractivity contribution < 1.29 is 23.7 Å². The number of ether oxygens (including phenoxy) is 4. The van der Waals surface area contributed by atoms with Gasteiger partial charge in [-0.1, -0.05) is 53.3 Å². The molecule has 5 rings (SSSR count). The third-order valence-electron chi connectivity index (χ3n) is 6.74. The number of hydrogen-bond donors (Lipinski definition) is 0. The van der Waals surface area contributed by atoms with Gasteiger partial charge in [0, 0.05) is 5.02 Å². The van der Waals surface area contributed by atoms with Crippen LogP contribution in [-0.4, -0.2) is 31.4 Å². The molecule has 42 heavy (non-hydrogen) atoms. The lowest BCUT2D eigenvalue weighted by atomic mass is 9.96. The van der Waals surface area contributed by atoms with Crippen molar-refractivity contribution in [3.8, 4) is 17.2 Å². The van der Waals surface area contributed by atoms with Gasteiger partial charge in [-0.25, -0.2) is 9.79 Å². The molecule has 0 fully saturated rings. The normalized spacial score (nSPS) is 14.7. The first-order chi connectivity index (χ1) is 20.3. The van der Waals surface area contributed by atoms with Gasteiger partial charge < -0.3 is 18.9 Å². The number of rotatable bonds is 9. The van der Waals surface area contributed by atoms with Crippen LogP contribution in [0, 0.1) is 0 Å². The second-order valence-corrected chi connectivity index (χ2v) is 10.8. The summed E-state index contributed by atoms with van der Waals surface area (Å²) in [5, 5.41) is 0.661. The topological polar surface area (TPSA) is 88.4 Å². The van der Waals surface area contributed by atoms with Crippen molar-refractivity contribution >= 4 is 35.0 Å². The molecule has 216 valence electrons. The van der Waals surface area contributed by atoms with E-state index in [-0.39, 0.29) is 12.2 Å². The van der Waals surface area contributed by atoms with E-state index in [0.717, 1.165) is 16.7 Å². The van der Waals surface area contributed by atoms with Gasteiger partial charge >= 0.3 is 5.97 Å². The molecule has 1 aliphatic heterocycles. The Kier molecular flexibility index (Phi) is 8.80. The number of esters is 1. The van der Waals surface area contributed by atoms with Gasteiger partial charge in [-0.3, -0.25) is 9.36 Å². The number of halogens is 1. The highest BCUT2D eigenvalue weighted by molar-refractivity contribution is 7.07. The highest BCUT2D eigenvalue weighted by Gasteiger charge is 2.33. The summed E-state index contributed by atoms with van der Waals surface area (Å²) in [6.07, 6.45) is 1.78. The summed E-state index contributed by atoms with van der Waals surface area (Å²) >= 11 is 7.23. The molecule has 0 radical (unpaired) electrons. The van der Waals surface area contributed by atoms with E-state index in [1.54, 1.807) is 56.9 Å². The largest absolute Gasteiger partial charge is 0.497 e. The van der Waals surface area contributed by atoms with Crippen LogP contribution in [0.3, 0.4) is 0 Å². The minimum absolute atomic E-state index is 0.205. The van der Waals surface area contributed by atoms with Crippen LogP contribution >= 0.6 is 22.9 Å². The van der Waals surface area contributed by atoms with Crippen molar-refractivity contribution in [2.24, 2.45) is 4.99 Å². The Bertz CT molecular complexity index is 1820. The zero-order valence-corrected chi connectivity index (χ0v) is 25.1. The highest BCUT2D eigenvalue weighted by atomic mass is 35.5. The van der Waals surface area contributed by atoms with Crippen LogP contribution in [0.1, 0.15) is 36.6 Å². The number of carbonyl (C=O) groups is 1. The summed E-state index contributed by atoms with van der Waals surface area (Å²) in [6.45, 7) is 4.05. The maximum atomic E-state index is 13.9. The SMILES string of the molecule is CCOC(=O)C1=C(C)N=c2s/c(=C/c3ccc(OCc4ccc(Cl)cc4)c(OC)c3)c(=O)n2[C@H]1c1ccc(OC)cc1. The summed E-state index contributed by atoms with van der Waals surface area (Å²) in [6, 6.07) is 19.5. The summed E-state index contributed by atoms with van der Waals surface area (Å²) < 4.78 is 24.2. The molecule has 1 atom stereocenters. The summed E-state index contributed by atoms with van der Waals surface area (Å²) in [7, 11) is 3.15. The van der Waals surface area contributed by atoms with Gasteiger partial charge in [-0.2, -0.15) is 0 Å². The standard InChI is InChI=1S/C32H29ClN2O6S/c1-5-40-31(37)28-19(2)34-32-35(29(28)22-9-13-24(38-3)14-10-22)30(36)27(42-32)17-21-8-15-25(26(16-21)39-4)41-18-20-6-11-23(33)12-7-20/h6-17,29H,5,18H2,1-4H3/b27-17+/t29-/m0/s1. The van der Waals surface area contributed by atoms with E-state index in [2.05, 4.69) is 4.99 Å². The number of hydrogen-bond acceptors (Lipinski definition) is 8. The molecule has 4 aromatic rings. The van der Waals surface area contributed by atoms with Crippen molar-refractivity contribution in [1.82, 2.24) is 4.57 Å². The van der Waals surface area contributed by atoms with E-state index in [0.29, 0.717) is 49.5 Å². The molecular formula is C32H29ClN2O6S. The van der Waals surface area contributed by atoms with Gasteiger partial charge in [0.15, 0.2) is 16.3 Å². The monoisotopic (exact) mass is 604 g/mol. The molecule has 0 amide bonds. The Morgan fingerprint density at radius 1 is 1.02 bits per heavy atom. The number of fused-ring (bicyclic) bond motifs is 1. The average molecular weight is 605 g/mol. The van der Waals surface area contributed by atoms with Crippen LogP contribution in [0.2, 0.25) is 5.02 Å². The molecule has 8 nitrogen and oxygen atoms in total. The third kappa shape index (κ3) is 5.98. The zero-order chi connectivity index (χ0) is 29.8. The minimum Gasteiger partial charge on any atom is -0.497 e. The number of nitrogens with zero attached hydrogens (tertiary/aromatic N) is 2.